The monoisotopic (exact) mass is 281 g/mol. The summed E-state index contributed by atoms with van der Waals surface area (Å²) in [7, 11) is 2.16. The predicted octanol–water partition coefficient (Wildman–Crippen LogP) is 4.47. The molecule has 0 aliphatic heterocycles. The molecule has 2 nitrogen and oxygen atoms in total. The van der Waals surface area contributed by atoms with E-state index in [4.69, 9.17) is 0 Å². The van der Waals surface area contributed by atoms with Gasteiger partial charge in [0, 0.05) is 12.7 Å². The van der Waals surface area contributed by atoms with Gasteiger partial charge in [-0.3, -0.25) is 0 Å². The van der Waals surface area contributed by atoms with Gasteiger partial charge in [-0.25, -0.2) is 0 Å². The lowest BCUT2D eigenvalue weighted by molar-refractivity contribution is 0.453. The summed E-state index contributed by atoms with van der Waals surface area (Å²) in [6.45, 7) is 2.18. The van der Waals surface area contributed by atoms with Gasteiger partial charge in [0.25, 0.3) is 0 Å². The zero-order chi connectivity index (χ0) is 14.8. The number of aryl methyl sites for hydroxylation is 1. The van der Waals surface area contributed by atoms with Crippen molar-refractivity contribution in [2.45, 2.75) is 38.6 Å². The van der Waals surface area contributed by atoms with Crippen LogP contribution >= 0.6 is 0 Å². The molecule has 0 aromatic heterocycles. The fourth-order valence-corrected chi connectivity index (χ4v) is 3.35. The first-order valence-corrected chi connectivity index (χ1v) is 7.83. The van der Waals surface area contributed by atoms with E-state index in [1.54, 1.807) is 6.07 Å². The second-order valence-electron chi connectivity index (χ2n) is 5.88. The number of hydrogen-bond donors (Lipinski definition) is 1. The lowest BCUT2D eigenvalue weighted by atomic mass is 9.86. The summed E-state index contributed by atoms with van der Waals surface area (Å²) in [6, 6.07) is 15.1. The minimum Gasteiger partial charge on any atom is -0.508 e. The van der Waals surface area contributed by atoms with Crippen LogP contribution in [0, 0.1) is 0 Å². The number of phenolic OH excluding ortho intramolecular Hbond substituents is 1. The zero-order valence-electron chi connectivity index (χ0n) is 12.8. The number of aromatic hydroxyl groups is 1. The summed E-state index contributed by atoms with van der Waals surface area (Å²) < 4.78 is 0. The highest BCUT2D eigenvalue weighted by Gasteiger charge is 2.25. The van der Waals surface area contributed by atoms with E-state index in [1.165, 1.54) is 16.8 Å². The largest absolute Gasteiger partial charge is 0.508 e. The van der Waals surface area contributed by atoms with Crippen molar-refractivity contribution >= 4 is 5.69 Å². The Hall–Kier alpha value is -1.96. The Morgan fingerprint density at radius 1 is 1.14 bits per heavy atom. The Kier molecular flexibility index (Phi) is 3.87. The second-order valence-corrected chi connectivity index (χ2v) is 5.88. The highest BCUT2D eigenvalue weighted by Crippen LogP contribution is 2.39. The lowest BCUT2D eigenvalue weighted by Crippen LogP contribution is -2.27. The van der Waals surface area contributed by atoms with E-state index < -0.39 is 0 Å². The maximum Gasteiger partial charge on any atom is 0.119 e. The smallest absolute Gasteiger partial charge is 0.119 e. The average Bonchev–Trinajstić information content (AvgIpc) is 2.54. The van der Waals surface area contributed by atoms with Crippen LogP contribution in [0.5, 0.6) is 5.75 Å². The minimum absolute atomic E-state index is 0.355. The molecule has 1 unspecified atom stereocenters. The lowest BCUT2D eigenvalue weighted by Gasteiger charge is -2.35. The molecule has 0 spiro atoms. The first-order valence-electron chi connectivity index (χ1n) is 7.83. The number of benzene rings is 2. The molecule has 1 aliphatic carbocycles. The summed E-state index contributed by atoms with van der Waals surface area (Å²) in [5, 5.41) is 10.1. The second kappa shape index (κ2) is 5.80. The molecular weight excluding hydrogens is 258 g/mol. The summed E-state index contributed by atoms with van der Waals surface area (Å²) in [5.74, 6) is 0.451. The van der Waals surface area contributed by atoms with Crippen LogP contribution < -0.4 is 4.90 Å². The molecule has 21 heavy (non-hydrogen) atoms. The van der Waals surface area contributed by atoms with Crippen molar-refractivity contribution in [3.8, 4) is 5.75 Å². The summed E-state index contributed by atoms with van der Waals surface area (Å²) in [4.78, 5) is 2.34. The third kappa shape index (κ3) is 2.63. The van der Waals surface area contributed by atoms with E-state index in [0.717, 1.165) is 31.2 Å². The van der Waals surface area contributed by atoms with E-state index in [0.29, 0.717) is 11.8 Å². The molecule has 1 atom stereocenters. The zero-order valence-corrected chi connectivity index (χ0v) is 12.8. The molecule has 0 saturated heterocycles. The Bertz CT molecular complexity index is 618. The maximum absolute atomic E-state index is 10.1. The molecule has 3 rings (SSSR count). The van der Waals surface area contributed by atoms with Gasteiger partial charge in [-0.15, -0.1) is 0 Å². The Labute approximate surface area is 127 Å². The fraction of sp³-hybridized carbons (Fsp3) is 0.368. The van der Waals surface area contributed by atoms with Crippen molar-refractivity contribution in [2.75, 3.05) is 11.9 Å². The first kappa shape index (κ1) is 14.0. The van der Waals surface area contributed by atoms with E-state index in [2.05, 4.69) is 49.2 Å². The highest BCUT2D eigenvalue weighted by molar-refractivity contribution is 5.52. The van der Waals surface area contributed by atoms with Crippen LogP contribution in [-0.2, 0) is 12.8 Å². The first-order chi connectivity index (χ1) is 10.2. The number of fused-ring (bicyclic) bond motifs is 1. The number of phenols is 1. The van der Waals surface area contributed by atoms with E-state index in [-0.39, 0.29) is 0 Å². The molecule has 0 saturated carbocycles. The van der Waals surface area contributed by atoms with E-state index in [9.17, 15) is 5.11 Å². The van der Waals surface area contributed by atoms with Crippen LogP contribution in [0.15, 0.2) is 42.5 Å². The SMILES string of the molecule is CCc1ccc(N(C)C2CCCc3c(O)cccc32)cc1. The summed E-state index contributed by atoms with van der Waals surface area (Å²) in [5.41, 5.74) is 5.02. The van der Waals surface area contributed by atoms with Crippen LogP contribution in [0.1, 0.15) is 42.5 Å². The molecule has 2 heteroatoms. The number of nitrogens with zero attached hydrogens (tertiary/aromatic N) is 1. The van der Waals surface area contributed by atoms with Crippen LogP contribution in [-0.4, -0.2) is 12.2 Å². The molecule has 0 amide bonds. The molecule has 2 aromatic rings. The Balaban J connectivity index is 1.92. The quantitative estimate of drug-likeness (QED) is 0.897. The van der Waals surface area contributed by atoms with Crippen molar-refractivity contribution < 1.29 is 5.11 Å². The number of hydrogen-bond acceptors (Lipinski definition) is 2. The van der Waals surface area contributed by atoms with Gasteiger partial charge in [-0.2, -0.15) is 0 Å². The normalized spacial score (nSPS) is 17.3. The highest BCUT2D eigenvalue weighted by atomic mass is 16.3. The average molecular weight is 281 g/mol. The molecule has 0 radical (unpaired) electrons. The van der Waals surface area contributed by atoms with Gasteiger partial charge in [-0.05, 0) is 60.6 Å². The number of rotatable bonds is 3. The van der Waals surface area contributed by atoms with Crippen LogP contribution in [0.2, 0.25) is 0 Å². The molecule has 0 heterocycles. The summed E-state index contributed by atoms with van der Waals surface area (Å²) in [6.07, 6.45) is 4.33. The minimum atomic E-state index is 0.355. The summed E-state index contributed by atoms with van der Waals surface area (Å²) >= 11 is 0. The topological polar surface area (TPSA) is 23.5 Å². The molecule has 0 fully saturated rings. The van der Waals surface area contributed by atoms with Gasteiger partial charge < -0.3 is 10.0 Å². The van der Waals surface area contributed by atoms with E-state index in [1.807, 2.05) is 6.07 Å². The number of anilines is 1. The van der Waals surface area contributed by atoms with Crippen LogP contribution in [0.4, 0.5) is 5.69 Å². The molecule has 1 aliphatic rings. The third-order valence-corrected chi connectivity index (χ3v) is 4.67. The Morgan fingerprint density at radius 2 is 1.90 bits per heavy atom. The molecule has 1 N–H and O–H groups in total. The Morgan fingerprint density at radius 3 is 2.62 bits per heavy atom. The van der Waals surface area contributed by atoms with Gasteiger partial charge in [-0.1, -0.05) is 31.2 Å². The third-order valence-electron chi connectivity index (χ3n) is 4.67. The van der Waals surface area contributed by atoms with Crippen LogP contribution in [0.25, 0.3) is 0 Å². The molecular formula is C19H23NO. The van der Waals surface area contributed by atoms with Crippen molar-refractivity contribution in [1.82, 2.24) is 0 Å². The van der Waals surface area contributed by atoms with Gasteiger partial charge in [0.15, 0.2) is 0 Å². The standard InChI is InChI=1S/C19H23NO/c1-3-14-10-12-15(13-11-14)20(2)18-8-4-7-17-16(18)6-5-9-19(17)21/h5-6,9-13,18,21H,3-4,7-8H2,1-2H3. The maximum atomic E-state index is 10.1. The van der Waals surface area contributed by atoms with Crippen molar-refractivity contribution in [2.24, 2.45) is 0 Å². The fourth-order valence-electron chi connectivity index (χ4n) is 3.35. The van der Waals surface area contributed by atoms with Crippen molar-refractivity contribution in [3.05, 3.63) is 59.2 Å². The van der Waals surface area contributed by atoms with Gasteiger partial charge in [0.2, 0.25) is 0 Å². The van der Waals surface area contributed by atoms with Crippen molar-refractivity contribution in [3.63, 3.8) is 0 Å². The van der Waals surface area contributed by atoms with Crippen molar-refractivity contribution in [1.29, 1.82) is 0 Å². The van der Waals surface area contributed by atoms with Gasteiger partial charge in [0.1, 0.15) is 5.75 Å². The van der Waals surface area contributed by atoms with Gasteiger partial charge >= 0.3 is 0 Å². The molecule has 110 valence electrons. The molecule has 0 bridgehead atoms. The van der Waals surface area contributed by atoms with Gasteiger partial charge in [0.05, 0.1) is 6.04 Å². The van der Waals surface area contributed by atoms with E-state index >= 15 is 0 Å². The molecule has 2 aromatic carbocycles. The van der Waals surface area contributed by atoms with Crippen LogP contribution in [0.3, 0.4) is 0 Å². The predicted molar refractivity (Wildman–Crippen MR) is 88.0 cm³/mol.